The van der Waals surface area contributed by atoms with Crippen molar-refractivity contribution >= 4 is 11.8 Å². The topological polar surface area (TPSA) is 26.7 Å². The molecule has 3 nitrogen and oxygen atoms in total. The Bertz CT molecular complexity index is 758. The van der Waals surface area contributed by atoms with Crippen molar-refractivity contribution < 1.29 is 5.11 Å². The standard InChI is InChI=1S/C23H28N2O/c1-18(26)20-8-6-19(7-9-20)10-14-24-15-12-22(13-16-24)25-17-11-21-4-2-3-5-23(21)25/h2-10,14,18,22,26H,11-13,15-17H2,1H3. The molecule has 0 spiro atoms. The molecule has 1 atom stereocenters. The van der Waals surface area contributed by atoms with Gasteiger partial charge < -0.3 is 14.9 Å². The molecule has 0 bridgehead atoms. The summed E-state index contributed by atoms with van der Waals surface area (Å²) in [7, 11) is 0. The van der Waals surface area contributed by atoms with Gasteiger partial charge in [-0.3, -0.25) is 0 Å². The Balaban J connectivity index is 1.33. The van der Waals surface area contributed by atoms with Crippen LogP contribution in [-0.4, -0.2) is 35.7 Å². The number of anilines is 1. The van der Waals surface area contributed by atoms with E-state index in [2.05, 4.69) is 58.5 Å². The van der Waals surface area contributed by atoms with Crippen LogP contribution in [0.1, 0.15) is 42.6 Å². The highest BCUT2D eigenvalue weighted by atomic mass is 16.3. The first-order valence-electron chi connectivity index (χ1n) is 9.75. The van der Waals surface area contributed by atoms with Crippen molar-refractivity contribution in [3.8, 4) is 0 Å². The number of aliphatic hydroxyl groups excluding tert-OH is 1. The molecule has 0 radical (unpaired) electrons. The molecule has 26 heavy (non-hydrogen) atoms. The molecule has 2 heterocycles. The Morgan fingerprint density at radius 2 is 1.73 bits per heavy atom. The summed E-state index contributed by atoms with van der Waals surface area (Å²) in [6.45, 7) is 5.21. The smallest absolute Gasteiger partial charge is 0.0761 e. The van der Waals surface area contributed by atoms with E-state index >= 15 is 0 Å². The van der Waals surface area contributed by atoms with Crippen molar-refractivity contribution in [3.05, 3.63) is 71.4 Å². The minimum atomic E-state index is -0.400. The molecule has 1 saturated heterocycles. The number of rotatable bonds is 4. The van der Waals surface area contributed by atoms with Gasteiger partial charge in [0.15, 0.2) is 0 Å². The molecule has 1 unspecified atom stereocenters. The second kappa shape index (κ2) is 7.55. The van der Waals surface area contributed by atoms with Crippen LogP contribution >= 0.6 is 0 Å². The lowest BCUT2D eigenvalue weighted by Crippen LogP contribution is -2.42. The van der Waals surface area contributed by atoms with Gasteiger partial charge in [-0.1, -0.05) is 42.5 Å². The van der Waals surface area contributed by atoms with Crippen LogP contribution in [0.2, 0.25) is 0 Å². The minimum Gasteiger partial charge on any atom is -0.389 e. The number of likely N-dealkylation sites (tertiary alicyclic amines) is 1. The maximum atomic E-state index is 9.59. The lowest BCUT2D eigenvalue weighted by molar-refractivity contribution is 0.199. The normalized spacial score (nSPS) is 19.2. The summed E-state index contributed by atoms with van der Waals surface area (Å²) in [5.41, 5.74) is 5.12. The van der Waals surface area contributed by atoms with Crippen LogP contribution in [0.15, 0.2) is 54.7 Å². The fourth-order valence-corrected chi connectivity index (χ4v) is 4.17. The van der Waals surface area contributed by atoms with Gasteiger partial charge in [0.25, 0.3) is 0 Å². The van der Waals surface area contributed by atoms with E-state index < -0.39 is 6.10 Å². The summed E-state index contributed by atoms with van der Waals surface area (Å²) in [5, 5.41) is 9.59. The highest BCUT2D eigenvalue weighted by Gasteiger charge is 2.28. The summed E-state index contributed by atoms with van der Waals surface area (Å²) in [6, 6.07) is 17.7. The van der Waals surface area contributed by atoms with E-state index in [1.807, 2.05) is 12.1 Å². The Kier molecular flexibility index (Phi) is 4.98. The predicted molar refractivity (Wildman–Crippen MR) is 108 cm³/mol. The van der Waals surface area contributed by atoms with Gasteiger partial charge in [-0.15, -0.1) is 0 Å². The van der Waals surface area contributed by atoms with Gasteiger partial charge in [0.2, 0.25) is 0 Å². The number of para-hydroxylation sites is 1. The van der Waals surface area contributed by atoms with Gasteiger partial charge in [-0.25, -0.2) is 0 Å². The molecular formula is C23H28N2O. The second-order valence-electron chi connectivity index (χ2n) is 7.50. The van der Waals surface area contributed by atoms with E-state index in [1.54, 1.807) is 6.92 Å². The van der Waals surface area contributed by atoms with Gasteiger partial charge in [0.05, 0.1) is 6.10 Å². The van der Waals surface area contributed by atoms with Crippen LogP contribution in [0.25, 0.3) is 6.08 Å². The number of benzene rings is 2. The Morgan fingerprint density at radius 1 is 1.00 bits per heavy atom. The third-order valence-corrected chi connectivity index (χ3v) is 5.76. The number of hydrogen-bond donors (Lipinski definition) is 1. The minimum absolute atomic E-state index is 0.400. The van der Waals surface area contributed by atoms with Gasteiger partial charge in [-0.05, 0) is 61.2 Å². The Labute approximate surface area is 156 Å². The summed E-state index contributed by atoms with van der Waals surface area (Å²) in [5.74, 6) is 0. The molecule has 2 aromatic rings. The molecule has 4 rings (SSSR count). The average Bonchev–Trinajstić information content (AvgIpc) is 3.11. The number of fused-ring (bicyclic) bond motifs is 1. The number of hydrogen-bond acceptors (Lipinski definition) is 3. The monoisotopic (exact) mass is 348 g/mol. The molecule has 1 N–H and O–H groups in total. The zero-order valence-electron chi connectivity index (χ0n) is 15.5. The summed E-state index contributed by atoms with van der Waals surface area (Å²) in [4.78, 5) is 5.06. The molecule has 3 heteroatoms. The van der Waals surface area contributed by atoms with Crippen LogP contribution < -0.4 is 4.90 Å². The molecule has 0 saturated carbocycles. The zero-order valence-corrected chi connectivity index (χ0v) is 15.5. The van der Waals surface area contributed by atoms with Crippen molar-refractivity contribution in [1.82, 2.24) is 4.90 Å². The maximum absolute atomic E-state index is 9.59. The third-order valence-electron chi connectivity index (χ3n) is 5.76. The van der Waals surface area contributed by atoms with Gasteiger partial charge in [0.1, 0.15) is 0 Å². The SMILES string of the molecule is CC(O)c1ccc(C=CN2CCC(N3CCc4ccccc43)CC2)cc1. The van der Waals surface area contributed by atoms with Gasteiger partial charge in [0, 0.05) is 31.4 Å². The largest absolute Gasteiger partial charge is 0.389 e. The van der Waals surface area contributed by atoms with Crippen molar-refractivity contribution in [2.75, 3.05) is 24.5 Å². The fourth-order valence-electron chi connectivity index (χ4n) is 4.17. The summed E-state index contributed by atoms with van der Waals surface area (Å²) >= 11 is 0. The first-order valence-corrected chi connectivity index (χ1v) is 9.75. The van der Waals surface area contributed by atoms with Crippen LogP contribution in [-0.2, 0) is 6.42 Å². The zero-order chi connectivity index (χ0) is 17.9. The summed E-state index contributed by atoms with van der Waals surface area (Å²) < 4.78 is 0. The highest BCUT2D eigenvalue weighted by Crippen LogP contribution is 2.32. The van der Waals surface area contributed by atoms with Crippen molar-refractivity contribution in [1.29, 1.82) is 0 Å². The van der Waals surface area contributed by atoms with Crippen LogP contribution in [0, 0.1) is 0 Å². The highest BCUT2D eigenvalue weighted by molar-refractivity contribution is 5.58. The van der Waals surface area contributed by atoms with E-state index in [9.17, 15) is 5.11 Å². The van der Waals surface area contributed by atoms with E-state index in [0.29, 0.717) is 6.04 Å². The Hall–Kier alpha value is -2.26. The fraction of sp³-hybridized carbons (Fsp3) is 0.391. The predicted octanol–water partition coefficient (Wildman–Crippen LogP) is 4.24. The third kappa shape index (κ3) is 3.63. The molecule has 2 aliphatic rings. The number of piperidine rings is 1. The molecule has 2 aliphatic heterocycles. The molecule has 1 fully saturated rings. The van der Waals surface area contributed by atoms with Crippen LogP contribution in [0.4, 0.5) is 5.69 Å². The Morgan fingerprint density at radius 3 is 2.46 bits per heavy atom. The van der Waals surface area contributed by atoms with E-state index in [0.717, 1.165) is 18.7 Å². The van der Waals surface area contributed by atoms with Crippen molar-refractivity contribution in [2.45, 2.75) is 38.3 Å². The van der Waals surface area contributed by atoms with E-state index in [4.69, 9.17) is 0 Å². The lowest BCUT2D eigenvalue weighted by atomic mass is 10.0. The van der Waals surface area contributed by atoms with Crippen molar-refractivity contribution in [2.24, 2.45) is 0 Å². The molecule has 0 aromatic heterocycles. The molecular weight excluding hydrogens is 320 g/mol. The molecule has 136 valence electrons. The van der Waals surface area contributed by atoms with Gasteiger partial charge in [-0.2, -0.15) is 0 Å². The number of aliphatic hydroxyl groups is 1. The molecule has 0 aliphatic carbocycles. The molecule has 0 amide bonds. The average molecular weight is 348 g/mol. The first-order chi connectivity index (χ1) is 12.7. The molecule has 2 aromatic carbocycles. The first kappa shape index (κ1) is 17.2. The van der Waals surface area contributed by atoms with Gasteiger partial charge >= 0.3 is 0 Å². The maximum Gasteiger partial charge on any atom is 0.0761 e. The summed E-state index contributed by atoms with van der Waals surface area (Å²) in [6.07, 6.45) is 7.64. The van der Waals surface area contributed by atoms with Crippen LogP contribution in [0.5, 0.6) is 0 Å². The van der Waals surface area contributed by atoms with Crippen LogP contribution in [0.3, 0.4) is 0 Å². The lowest BCUT2D eigenvalue weighted by Gasteiger charge is -2.37. The van der Waals surface area contributed by atoms with E-state index in [-0.39, 0.29) is 0 Å². The van der Waals surface area contributed by atoms with E-state index in [1.165, 1.54) is 42.6 Å². The van der Waals surface area contributed by atoms with Crippen molar-refractivity contribution in [3.63, 3.8) is 0 Å². The quantitative estimate of drug-likeness (QED) is 0.895. The second-order valence-corrected chi connectivity index (χ2v) is 7.50. The number of nitrogens with zero attached hydrogens (tertiary/aromatic N) is 2.